The minimum Gasteiger partial charge on any atom is -0.490 e. The lowest BCUT2D eigenvalue weighted by Gasteiger charge is -2.30. The minimum atomic E-state index is 0.109. The highest BCUT2D eigenvalue weighted by molar-refractivity contribution is 5.94. The van der Waals surface area contributed by atoms with Gasteiger partial charge in [-0.05, 0) is 37.7 Å². The van der Waals surface area contributed by atoms with Crippen molar-refractivity contribution in [2.75, 3.05) is 53.6 Å². The van der Waals surface area contributed by atoms with Gasteiger partial charge in [0.25, 0.3) is 5.91 Å². The summed E-state index contributed by atoms with van der Waals surface area (Å²) >= 11 is 0. The Bertz CT molecular complexity index is 616. The fourth-order valence-electron chi connectivity index (χ4n) is 4.29. The fraction of sp³-hybridized carbons (Fsp3) is 0.550. The molecule has 0 unspecified atom stereocenters. The number of amides is 1. The molecule has 1 amide bonds. The van der Waals surface area contributed by atoms with E-state index in [1.165, 1.54) is 0 Å². The number of likely N-dealkylation sites (tertiary alicyclic amines) is 2. The van der Waals surface area contributed by atoms with E-state index in [4.69, 9.17) is 9.47 Å². The molecule has 2 atom stereocenters. The molecule has 2 heterocycles. The van der Waals surface area contributed by atoms with E-state index in [0.717, 1.165) is 50.5 Å². The number of benzene rings is 1. The Morgan fingerprint density at radius 2 is 2.12 bits per heavy atom. The lowest BCUT2D eigenvalue weighted by atomic mass is 9.77. The number of hydrogen-bond acceptors (Lipinski definition) is 4. The maximum atomic E-state index is 12.9. The number of methoxy groups -OCH3 is 1. The van der Waals surface area contributed by atoms with Crippen LogP contribution in [-0.4, -0.2) is 69.3 Å². The van der Waals surface area contributed by atoms with E-state index >= 15 is 0 Å². The number of hydrogen-bond donors (Lipinski definition) is 0. The van der Waals surface area contributed by atoms with Gasteiger partial charge in [0.05, 0.1) is 6.61 Å². The van der Waals surface area contributed by atoms with Gasteiger partial charge < -0.3 is 19.3 Å². The van der Waals surface area contributed by atoms with Gasteiger partial charge in [-0.25, -0.2) is 0 Å². The highest BCUT2D eigenvalue weighted by atomic mass is 16.5. The predicted molar refractivity (Wildman–Crippen MR) is 98.0 cm³/mol. The first kappa shape index (κ1) is 18.0. The Labute approximate surface area is 150 Å². The van der Waals surface area contributed by atoms with Gasteiger partial charge in [0.1, 0.15) is 12.4 Å². The molecule has 0 N–H and O–H groups in total. The topological polar surface area (TPSA) is 42.0 Å². The molecule has 0 aromatic heterocycles. The molecular weight excluding hydrogens is 316 g/mol. The lowest BCUT2D eigenvalue weighted by Crippen LogP contribution is -2.38. The second-order valence-corrected chi connectivity index (χ2v) is 7.31. The molecule has 1 spiro atoms. The summed E-state index contributed by atoms with van der Waals surface area (Å²) in [5.41, 5.74) is 0.894. The number of rotatable bonds is 6. The van der Waals surface area contributed by atoms with Crippen LogP contribution in [0.15, 0.2) is 36.9 Å². The molecule has 5 heteroatoms. The van der Waals surface area contributed by atoms with E-state index in [1.54, 1.807) is 13.2 Å². The molecule has 25 heavy (non-hydrogen) atoms. The zero-order chi connectivity index (χ0) is 17.9. The van der Waals surface area contributed by atoms with Gasteiger partial charge in [0, 0.05) is 50.2 Å². The molecule has 3 rings (SSSR count). The van der Waals surface area contributed by atoms with E-state index in [9.17, 15) is 4.79 Å². The number of carbonyl (C=O) groups is 1. The van der Waals surface area contributed by atoms with E-state index in [0.29, 0.717) is 12.5 Å². The van der Waals surface area contributed by atoms with Gasteiger partial charge in [0.15, 0.2) is 0 Å². The van der Waals surface area contributed by atoms with Crippen LogP contribution in [0.5, 0.6) is 5.75 Å². The van der Waals surface area contributed by atoms with Crippen molar-refractivity contribution in [3.05, 3.63) is 42.5 Å². The highest BCUT2D eigenvalue weighted by Crippen LogP contribution is 2.43. The molecule has 5 nitrogen and oxygen atoms in total. The van der Waals surface area contributed by atoms with E-state index < -0.39 is 0 Å². The van der Waals surface area contributed by atoms with Crippen molar-refractivity contribution in [1.82, 2.24) is 9.80 Å². The Balaban J connectivity index is 1.67. The molecule has 0 radical (unpaired) electrons. The third-order valence-corrected chi connectivity index (χ3v) is 5.49. The predicted octanol–water partition coefficient (Wildman–Crippen LogP) is 2.29. The van der Waals surface area contributed by atoms with Crippen LogP contribution in [0.25, 0.3) is 0 Å². The summed E-state index contributed by atoms with van der Waals surface area (Å²) in [5.74, 6) is 1.36. The Morgan fingerprint density at radius 1 is 1.36 bits per heavy atom. The van der Waals surface area contributed by atoms with Crippen molar-refractivity contribution in [2.24, 2.45) is 11.3 Å². The first-order valence-electron chi connectivity index (χ1n) is 8.88. The van der Waals surface area contributed by atoms with Gasteiger partial charge in [-0.1, -0.05) is 12.7 Å². The number of carbonyl (C=O) groups excluding carboxylic acids is 1. The largest absolute Gasteiger partial charge is 0.490 e. The van der Waals surface area contributed by atoms with Crippen molar-refractivity contribution < 1.29 is 14.3 Å². The Morgan fingerprint density at radius 3 is 2.80 bits per heavy atom. The number of ether oxygens (including phenoxy) is 2. The standard InChI is InChI=1S/C20H28N2O3/c1-4-11-25-18-7-5-16(6-8-18)19(23)22-10-9-20(15-22)14-21(2)12-17(20)13-24-3/h4-8,17H,1,9-15H2,2-3H3/t17-,20+/m0/s1. The highest BCUT2D eigenvalue weighted by Gasteiger charge is 2.50. The molecule has 1 aromatic rings. The molecule has 2 saturated heterocycles. The van der Waals surface area contributed by atoms with Gasteiger partial charge in [-0.2, -0.15) is 0 Å². The summed E-state index contributed by atoms with van der Waals surface area (Å²) in [4.78, 5) is 17.2. The molecule has 2 aliphatic heterocycles. The summed E-state index contributed by atoms with van der Waals surface area (Å²) in [7, 11) is 3.92. The first-order chi connectivity index (χ1) is 12.1. The van der Waals surface area contributed by atoms with Gasteiger partial charge >= 0.3 is 0 Å². The SMILES string of the molecule is C=CCOc1ccc(C(=O)N2CC[C@@]3(CN(C)C[C@H]3COC)C2)cc1. The summed E-state index contributed by atoms with van der Waals surface area (Å²) < 4.78 is 10.9. The van der Waals surface area contributed by atoms with E-state index in [-0.39, 0.29) is 11.3 Å². The van der Waals surface area contributed by atoms with Crippen LogP contribution in [0.2, 0.25) is 0 Å². The quantitative estimate of drug-likeness (QED) is 0.743. The third-order valence-electron chi connectivity index (χ3n) is 5.49. The van der Waals surface area contributed by atoms with Crippen LogP contribution in [-0.2, 0) is 4.74 Å². The third kappa shape index (κ3) is 3.72. The lowest BCUT2D eigenvalue weighted by molar-refractivity contribution is 0.0716. The maximum absolute atomic E-state index is 12.9. The molecule has 2 fully saturated rings. The second kappa shape index (κ2) is 7.58. The molecule has 0 saturated carbocycles. The normalized spacial score (nSPS) is 26.3. The Hall–Kier alpha value is -1.85. The summed E-state index contributed by atoms with van der Waals surface area (Å²) in [6, 6.07) is 7.39. The fourth-order valence-corrected chi connectivity index (χ4v) is 4.29. The average molecular weight is 344 g/mol. The summed E-state index contributed by atoms with van der Waals surface area (Å²) in [5, 5.41) is 0. The van der Waals surface area contributed by atoms with Gasteiger partial charge in [0.2, 0.25) is 0 Å². The van der Waals surface area contributed by atoms with Crippen LogP contribution in [0.1, 0.15) is 16.8 Å². The van der Waals surface area contributed by atoms with Crippen LogP contribution in [0.3, 0.4) is 0 Å². The number of nitrogens with zero attached hydrogens (tertiary/aromatic N) is 2. The van der Waals surface area contributed by atoms with Crippen molar-refractivity contribution in [2.45, 2.75) is 6.42 Å². The van der Waals surface area contributed by atoms with Gasteiger partial charge in [-0.15, -0.1) is 0 Å². The van der Waals surface area contributed by atoms with Crippen LogP contribution >= 0.6 is 0 Å². The summed E-state index contributed by atoms with van der Waals surface area (Å²) in [6.45, 7) is 8.60. The minimum absolute atomic E-state index is 0.109. The van der Waals surface area contributed by atoms with Crippen LogP contribution in [0, 0.1) is 11.3 Å². The first-order valence-corrected chi connectivity index (χ1v) is 8.88. The maximum Gasteiger partial charge on any atom is 0.253 e. The van der Waals surface area contributed by atoms with Gasteiger partial charge in [-0.3, -0.25) is 4.79 Å². The van der Waals surface area contributed by atoms with Crippen LogP contribution in [0.4, 0.5) is 0 Å². The zero-order valence-corrected chi connectivity index (χ0v) is 15.2. The van der Waals surface area contributed by atoms with Crippen molar-refractivity contribution in [3.8, 4) is 5.75 Å². The van der Waals surface area contributed by atoms with Crippen molar-refractivity contribution in [1.29, 1.82) is 0 Å². The molecular formula is C20H28N2O3. The van der Waals surface area contributed by atoms with E-state index in [1.807, 2.05) is 29.2 Å². The average Bonchev–Trinajstić information content (AvgIpc) is 3.17. The molecule has 0 aliphatic carbocycles. The smallest absolute Gasteiger partial charge is 0.253 e. The summed E-state index contributed by atoms with van der Waals surface area (Å²) in [6.07, 6.45) is 2.76. The molecule has 2 aliphatic rings. The Kier molecular flexibility index (Phi) is 5.45. The molecule has 136 valence electrons. The van der Waals surface area contributed by atoms with Crippen molar-refractivity contribution >= 4 is 5.91 Å². The van der Waals surface area contributed by atoms with Crippen molar-refractivity contribution in [3.63, 3.8) is 0 Å². The van der Waals surface area contributed by atoms with E-state index in [2.05, 4.69) is 18.5 Å². The zero-order valence-electron chi connectivity index (χ0n) is 15.2. The van der Waals surface area contributed by atoms with Crippen LogP contribution < -0.4 is 4.74 Å². The second-order valence-electron chi connectivity index (χ2n) is 7.31. The molecule has 0 bridgehead atoms. The molecule has 1 aromatic carbocycles. The monoisotopic (exact) mass is 344 g/mol.